The monoisotopic (exact) mass is 278 g/mol. The van der Waals surface area contributed by atoms with Gasteiger partial charge in [0.1, 0.15) is 0 Å². The molecule has 3 aromatic rings. The second kappa shape index (κ2) is 5.06. The number of nitrogens with zero attached hydrogens (tertiary/aromatic N) is 5. The lowest BCUT2D eigenvalue weighted by atomic mass is 10.1. The molecule has 1 unspecified atom stereocenters. The summed E-state index contributed by atoms with van der Waals surface area (Å²) in [5.41, 5.74) is 2.14. The van der Waals surface area contributed by atoms with E-state index in [-0.39, 0.29) is 6.04 Å². The van der Waals surface area contributed by atoms with Gasteiger partial charge in [0, 0.05) is 43.4 Å². The first kappa shape index (κ1) is 12.2. The molecule has 4 heterocycles. The van der Waals surface area contributed by atoms with Gasteiger partial charge in [-0.1, -0.05) is 0 Å². The predicted octanol–water partition coefficient (Wildman–Crippen LogP) is 1.43. The fraction of sp³-hybridized carbons (Fsp3) is 0.200. The zero-order valence-electron chi connectivity index (χ0n) is 11.3. The summed E-state index contributed by atoms with van der Waals surface area (Å²) in [6.45, 7) is 1.74. The van der Waals surface area contributed by atoms with Gasteiger partial charge in [-0.05, 0) is 29.8 Å². The van der Waals surface area contributed by atoms with Crippen molar-refractivity contribution in [1.29, 1.82) is 0 Å². The molecule has 6 nitrogen and oxygen atoms in total. The number of aromatic nitrogens is 5. The zero-order chi connectivity index (χ0) is 14.1. The van der Waals surface area contributed by atoms with E-state index in [1.54, 1.807) is 18.6 Å². The molecule has 1 atom stereocenters. The first-order valence-corrected chi connectivity index (χ1v) is 6.90. The lowest BCUT2D eigenvalue weighted by Gasteiger charge is -2.25. The van der Waals surface area contributed by atoms with Gasteiger partial charge in [-0.25, -0.2) is 0 Å². The molecule has 0 saturated heterocycles. The van der Waals surface area contributed by atoms with Crippen molar-refractivity contribution in [3.63, 3.8) is 0 Å². The molecule has 0 aliphatic carbocycles. The average molecular weight is 278 g/mol. The van der Waals surface area contributed by atoms with Gasteiger partial charge in [0.05, 0.1) is 6.04 Å². The van der Waals surface area contributed by atoms with Crippen molar-refractivity contribution in [3.8, 4) is 11.4 Å². The van der Waals surface area contributed by atoms with Crippen LogP contribution in [0.3, 0.4) is 0 Å². The van der Waals surface area contributed by atoms with Crippen molar-refractivity contribution < 1.29 is 0 Å². The summed E-state index contributed by atoms with van der Waals surface area (Å²) in [5, 5.41) is 12.2. The molecule has 0 bridgehead atoms. The molecule has 21 heavy (non-hydrogen) atoms. The minimum atomic E-state index is 0.0553. The van der Waals surface area contributed by atoms with Crippen LogP contribution in [0.25, 0.3) is 11.4 Å². The van der Waals surface area contributed by atoms with Crippen LogP contribution in [0.15, 0.2) is 49.1 Å². The number of rotatable bonds is 2. The Morgan fingerprint density at radius 3 is 2.76 bits per heavy atom. The minimum absolute atomic E-state index is 0.0553. The van der Waals surface area contributed by atoms with Gasteiger partial charge in [0.15, 0.2) is 11.6 Å². The molecule has 0 aromatic carbocycles. The Bertz CT molecular complexity index is 737. The molecule has 1 aliphatic heterocycles. The van der Waals surface area contributed by atoms with E-state index in [0.717, 1.165) is 35.9 Å². The molecule has 0 spiro atoms. The SMILES string of the molecule is c1cncc(-c2nnc3n2CCNC3c2ccncc2)c1. The normalized spacial score (nSPS) is 17.4. The van der Waals surface area contributed by atoms with Gasteiger partial charge in [-0.3, -0.25) is 9.97 Å². The van der Waals surface area contributed by atoms with Crippen LogP contribution in [0.5, 0.6) is 0 Å². The summed E-state index contributed by atoms with van der Waals surface area (Å²) < 4.78 is 2.17. The highest BCUT2D eigenvalue weighted by molar-refractivity contribution is 5.54. The highest BCUT2D eigenvalue weighted by atomic mass is 15.3. The van der Waals surface area contributed by atoms with E-state index in [0.29, 0.717) is 0 Å². The summed E-state index contributed by atoms with van der Waals surface area (Å²) >= 11 is 0. The molecule has 0 radical (unpaired) electrons. The van der Waals surface area contributed by atoms with E-state index in [1.807, 2.05) is 30.5 Å². The van der Waals surface area contributed by atoms with E-state index < -0.39 is 0 Å². The number of hydrogen-bond acceptors (Lipinski definition) is 5. The Kier molecular flexibility index (Phi) is 2.93. The third-order valence-electron chi connectivity index (χ3n) is 3.68. The summed E-state index contributed by atoms with van der Waals surface area (Å²) in [7, 11) is 0. The predicted molar refractivity (Wildman–Crippen MR) is 77.3 cm³/mol. The first-order chi connectivity index (χ1) is 10.4. The molecule has 1 N–H and O–H groups in total. The van der Waals surface area contributed by atoms with Crippen molar-refractivity contribution in [2.75, 3.05) is 6.54 Å². The second-order valence-electron chi connectivity index (χ2n) is 4.94. The van der Waals surface area contributed by atoms with Crippen LogP contribution in [0.1, 0.15) is 17.4 Å². The van der Waals surface area contributed by atoms with Gasteiger partial charge in [0.2, 0.25) is 0 Å². The maximum Gasteiger partial charge on any atom is 0.165 e. The van der Waals surface area contributed by atoms with Gasteiger partial charge < -0.3 is 9.88 Å². The minimum Gasteiger partial charge on any atom is -0.308 e. The van der Waals surface area contributed by atoms with Crippen LogP contribution < -0.4 is 5.32 Å². The van der Waals surface area contributed by atoms with E-state index in [2.05, 4.69) is 30.0 Å². The fourth-order valence-electron chi connectivity index (χ4n) is 2.69. The Morgan fingerprint density at radius 2 is 1.95 bits per heavy atom. The number of fused-ring (bicyclic) bond motifs is 1. The molecule has 3 aromatic heterocycles. The van der Waals surface area contributed by atoms with E-state index in [4.69, 9.17) is 0 Å². The van der Waals surface area contributed by atoms with Crippen LogP contribution in [0.2, 0.25) is 0 Å². The molecular formula is C15H14N6. The largest absolute Gasteiger partial charge is 0.308 e. The van der Waals surface area contributed by atoms with Crippen LogP contribution in [0.4, 0.5) is 0 Å². The van der Waals surface area contributed by atoms with Crippen molar-refractivity contribution in [1.82, 2.24) is 30.0 Å². The Labute approximate surface area is 121 Å². The van der Waals surface area contributed by atoms with Crippen LogP contribution in [0, 0.1) is 0 Å². The van der Waals surface area contributed by atoms with Crippen LogP contribution >= 0.6 is 0 Å². The fourth-order valence-corrected chi connectivity index (χ4v) is 2.69. The van der Waals surface area contributed by atoms with Crippen molar-refractivity contribution >= 4 is 0 Å². The van der Waals surface area contributed by atoms with E-state index >= 15 is 0 Å². The molecule has 104 valence electrons. The van der Waals surface area contributed by atoms with Crippen molar-refractivity contribution in [3.05, 3.63) is 60.4 Å². The highest BCUT2D eigenvalue weighted by Gasteiger charge is 2.26. The summed E-state index contributed by atoms with van der Waals surface area (Å²) in [6.07, 6.45) is 7.18. The average Bonchev–Trinajstić information content (AvgIpc) is 3.00. The van der Waals surface area contributed by atoms with Gasteiger partial charge in [-0.2, -0.15) is 0 Å². The summed E-state index contributed by atoms with van der Waals surface area (Å²) in [5.74, 6) is 1.81. The van der Waals surface area contributed by atoms with Crippen LogP contribution in [-0.2, 0) is 6.54 Å². The van der Waals surface area contributed by atoms with E-state index in [1.165, 1.54) is 0 Å². The topological polar surface area (TPSA) is 68.5 Å². The molecule has 0 amide bonds. The number of nitrogens with one attached hydrogen (secondary N) is 1. The summed E-state index contributed by atoms with van der Waals surface area (Å²) in [4.78, 5) is 8.23. The standard InChI is InChI=1S/C15H14N6/c1-2-12(10-17-5-1)14-19-20-15-13(18-8-9-21(14)15)11-3-6-16-7-4-11/h1-7,10,13,18H,8-9H2. The zero-order valence-corrected chi connectivity index (χ0v) is 11.3. The van der Waals surface area contributed by atoms with Crippen molar-refractivity contribution in [2.24, 2.45) is 0 Å². The first-order valence-electron chi connectivity index (χ1n) is 6.90. The summed E-state index contributed by atoms with van der Waals surface area (Å²) in [6, 6.07) is 7.99. The van der Waals surface area contributed by atoms with Crippen LogP contribution in [-0.4, -0.2) is 31.3 Å². The van der Waals surface area contributed by atoms with E-state index in [9.17, 15) is 0 Å². The molecular weight excluding hydrogens is 264 g/mol. The quantitative estimate of drug-likeness (QED) is 0.768. The molecule has 0 fully saturated rings. The molecule has 6 heteroatoms. The molecule has 0 saturated carbocycles. The lowest BCUT2D eigenvalue weighted by Crippen LogP contribution is -2.34. The maximum atomic E-state index is 4.39. The molecule has 1 aliphatic rings. The Hall–Kier alpha value is -2.60. The van der Waals surface area contributed by atoms with Gasteiger partial charge >= 0.3 is 0 Å². The van der Waals surface area contributed by atoms with Gasteiger partial charge in [0.25, 0.3) is 0 Å². The van der Waals surface area contributed by atoms with Gasteiger partial charge in [-0.15, -0.1) is 10.2 Å². The third kappa shape index (κ3) is 2.09. The number of hydrogen-bond donors (Lipinski definition) is 1. The Morgan fingerprint density at radius 1 is 1.05 bits per heavy atom. The second-order valence-corrected chi connectivity index (χ2v) is 4.94. The smallest absolute Gasteiger partial charge is 0.165 e. The number of pyridine rings is 2. The Balaban J connectivity index is 1.79. The maximum absolute atomic E-state index is 4.39. The lowest BCUT2D eigenvalue weighted by molar-refractivity contribution is 0.457. The highest BCUT2D eigenvalue weighted by Crippen LogP contribution is 2.27. The van der Waals surface area contributed by atoms with Crippen molar-refractivity contribution in [2.45, 2.75) is 12.6 Å². The third-order valence-corrected chi connectivity index (χ3v) is 3.68. The molecule has 4 rings (SSSR count).